The van der Waals surface area contributed by atoms with Gasteiger partial charge < -0.3 is 24.4 Å². The molecule has 1 fully saturated rings. The summed E-state index contributed by atoms with van der Waals surface area (Å²) in [7, 11) is 1.50. The second kappa shape index (κ2) is 11.6. The highest BCUT2D eigenvalue weighted by atomic mass is 19.4. The monoisotopic (exact) mass is 493 g/mol. The molecule has 2 aromatic carbocycles. The number of ether oxygens (including phenoxy) is 3. The van der Waals surface area contributed by atoms with Crippen molar-refractivity contribution in [3.05, 3.63) is 60.7 Å². The van der Waals surface area contributed by atoms with Crippen molar-refractivity contribution < 1.29 is 37.0 Å². The lowest BCUT2D eigenvalue weighted by Gasteiger charge is -2.34. The Morgan fingerprint density at radius 2 is 1.74 bits per heavy atom. The van der Waals surface area contributed by atoms with Crippen molar-refractivity contribution >= 4 is 17.5 Å². The minimum atomic E-state index is -4.77. The Balaban J connectivity index is 1.48. The third kappa shape index (κ3) is 7.64. The lowest BCUT2D eigenvalue weighted by molar-refractivity contribution is -0.274. The molecule has 2 aromatic rings. The van der Waals surface area contributed by atoms with Gasteiger partial charge in [-0.3, -0.25) is 14.5 Å². The number of nitrogens with one attached hydrogen (secondary N) is 1. The Kier molecular flexibility index (Phi) is 8.58. The van der Waals surface area contributed by atoms with Gasteiger partial charge in [0.15, 0.2) is 11.5 Å². The van der Waals surface area contributed by atoms with Crippen molar-refractivity contribution in [3.8, 4) is 17.2 Å². The Bertz CT molecular complexity index is 1040. The Hall–Kier alpha value is -3.73. The summed E-state index contributed by atoms with van der Waals surface area (Å²) in [4.78, 5) is 28.8. The highest BCUT2D eigenvalue weighted by molar-refractivity contribution is 5.95. The Morgan fingerprint density at radius 3 is 2.34 bits per heavy atom. The van der Waals surface area contributed by atoms with Crippen LogP contribution < -0.4 is 19.5 Å². The summed E-state index contributed by atoms with van der Waals surface area (Å²) in [6.07, 6.45) is -3.16. The van der Waals surface area contributed by atoms with Crippen LogP contribution in [-0.4, -0.2) is 74.4 Å². The molecule has 1 saturated heterocycles. The minimum absolute atomic E-state index is 0.0893. The molecule has 0 atom stereocenters. The van der Waals surface area contributed by atoms with Gasteiger partial charge in [-0.15, -0.1) is 13.2 Å². The van der Waals surface area contributed by atoms with Crippen LogP contribution in [0.2, 0.25) is 0 Å². The molecule has 11 heteroatoms. The standard InChI is InChI=1S/C24H26F3N3O5/c1-3-14-34-20-9-4-17(15-21(20)33-2)23(32)30-12-10-29(11-13-30)16-22(31)28-18-5-7-19(8-6-18)35-24(25,26)27/h3-9,15H,1,10-14,16H2,2H3,(H,28,31). The number of nitrogens with zero attached hydrogens (tertiary/aromatic N) is 2. The molecule has 2 amide bonds. The molecule has 3 rings (SSSR count). The summed E-state index contributed by atoms with van der Waals surface area (Å²) in [6, 6.07) is 9.90. The fourth-order valence-corrected chi connectivity index (χ4v) is 3.50. The van der Waals surface area contributed by atoms with Crippen LogP contribution in [0.25, 0.3) is 0 Å². The van der Waals surface area contributed by atoms with Gasteiger partial charge in [0, 0.05) is 37.4 Å². The van der Waals surface area contributed by atoms with Gasteiger partial charge in [-0.1, -0.05) is 12.7 Å². The highest BCUT2D eigenvalue weighted by Gasteiger charge is 2.31. The van der Waals surface area contributed by atoms with Gasteiger partial charge in [-0.2, -0.15) is 0 Å². The first-order chi connectivity index (χ1) is 16.7. The smallest absolute Gasteiger partial charge is 0.493 e. The molecule has 35 heavy (non-hydrogen) atoms. The summed E-state index contributed by atoms with van der Waals surface area (Å²) in [5.41, 5.74) is 0.824. The van der Waals surface area contributed by atoms with Crippen LogP contribution >= 0.6 is 0 Å². The van der Waals surface area contributed by atoms with Gasteiger partial charge in [0.05, 0.1) is 13.7 Å². The second-order valence-corrected chi connectivity index (χ2v) is 7.65. The number of anilines is 1. The van der Waals surface area contributed by atoms with Crippen LogP contribution in [0.5, 0.6) is 17.2 Å². The molecule has 0 unspecified atom stereocenters. The highest BCUT2D eigenvalue weighted by Crippen LogP contribution is 2.29. The van der Waals surface area contributed by atoms with E-state index in [1.807, 2.05) is 4.90 Å². The molecule has 0 saturated carbocycles. The molecular weight excluding hydrogens is 467 g/mol. The molecule has 0 bridgehead atoms. The zero-order chi connectivity index (χ0) is 25.4. The third-order valence-electron chi connectivity index (χ3n) is 5.17. The first-order valence-electron chi connectivity index (χ1n) is 10.8. The number of carbonyl (C=O) groups excluding carboxylic acids is 2. The maximum Gasteiger partial charge on any atom is 0.573 e. The van der Waals surface area contributed by atoms with E-state index >= 15 is 0 Å². The topological polar surface area (TPSA) is 80.3 Å². The van der Waals surface area contributed by atoms with Crippen molar-refractivity contribution in [3.63, 3.8) is 0 Å². The van der Waals surface area contributed by atoms with Crippen molar-refractivity contribution in [1.29, 1.82) is 0 Å². The normalized spacial score (nSPS) is 14.2. The number of amides is 2. The lowest BCUT2D eigenvalue weighted by Crippen LogP contribution is -2.50. The van der Waals surface area contributed by atoms with E-state index in [0.717, 1.165) is 12.1 Å². The largest absolute Gasteiger partial charge is 0.573 e. The van der Waals surface area contributed by atoms with Crippen molar-refractivity contribution in [2.45, 2.75) is 6.36 Å². The SMILES string of the molecule is C=CCOc1ccc(C(=O)N2CCN(CC(=O)Nc3ccc(OC(F)(F)F)cc3)CC2)cc1OC. The molecule has 188 valence electrons. The number of benzene rings is 2. The van der Waals surface area contributed by atoms with E-state index in [0.29, 0.717) is 55.5 Å². The van der Waals surface area contributed by atoms with Crippen LogP contribution in [0.15, 0.2) is 55.1 Å². The second-order valence-electron chi connectivity index (χ2n) is 7.65. The number of rotatable bonds is 9. The summed E-state index contributed by atoms with van der Waals surface area (Å²) in [5, 5.41) is 2.64. The number of hydrogen-bond acceptors (Lipinski definition) is 6. The summed E-state index contributed by atoms with van der Waals surface area (Å²) in [5.74, 6) is 0.138. The number of hydrogen-bond donors (Lipinski definition) is 1. The van der Waals surface area contributed by atoms with E-state index < -0.39 is 6.36 Å². The van der Waals surface area contributed by atoms with Crippen LogP contribution in [0.1, 0.15) is 10.4 Å². The van der Waals surface area contributed by atoms with E-state index in [1.165, 1.54) is 19.2 Å². The van der Waals surface area contributed by atoms with Crippen LogP contribution in [0.4, 0.5) is 18.9 Å². The Morgan fingerprint density at radius 1 is 1.06 bits per heavy atom. The molecular formula is C24H26F3N3O5. The number of carbonyl (C=O) groups is 2. The first-order valence-corrected chi connectivity index (χ1v) is 10.8. The Labute approximate surface area is 200 Å². The first kappa shape index (κ1) is 25.9. The molecule has 1 aliphatic heterocycles. The number of halogens is 3. The molecule has 1 N–H and O–H groups in total. The third-order valence-corrected chi connectivity index (χ3v) is 5.17. The van der Waals surface area contributed by atoms with E-state index in [4.69, 9.17) is 9.47 Å². The predicted molar refractivity (Wildman–Crippen MR) is 123 cm³/mol. The lowest BCUT2D eigenvalue weighted by atomic mass is 10.1. The zero-order valence-corrected chi connectivity index (χ0v) is 19.1. The van der Waals surface area contributed by atoms with E-state index in [9.17, 15) is 22.8 Å². The molecule has 1 heterocycles. The molecule has 0 aliphatic carbocycles. The molecule has 0 aromatic heterocycles. The average molecular weight is 493 g/mol. The predicted octanol–water partition coefficient (Wildman–Crippen LogP) is 3.56. The molecule has 0 spiro atoms. The van der Waals surface area contributed by atoms with E-state index in [2.05, 4.69) is 16.6 Å². The van der Waals surface area contributed by atoms with Crippen LogP contribution in [-0.2, 0) is 4.79 Å². The summed E-state index contributed by atoms with van der Waals surface area (Å²) >= 11 is 0. The minimum Gasteiger partial charge on any atom is -0.493 e. The number of methoxy groups -OCH3 is 1. The van der Waals surface area contributed by atoms with E-state index in [-0.39, 0.29) is 24.1 Å². The summed E-state index contributed by atoms with van der Waals surface area (Å²) < 4.78 is 51.4. The van der Waals surface area contributed by atoms with Crippen molar-refractivity contribution in [2.24, 2.45) is 0 Å². The van der Waals surface area contributed by atoms with Gasteiger partial charge in [-0.25, -0.2) is 0 Å². The summed E-state index contributed by atoms with van der Waals surface area (Å²) in [6.45, 7) is 5.87. The van der Waals surface area contributed by atoms with Crippen LogP contribution in [0.3, 0.4) is 0 Å². The average Bonchev–Trinajstić information content (AvgIpc) is 2.83. The van der Waals surface area contributed by atoms with Gasteiger partial charge in [0.2, 0.25) is 5.91 Å². The van der Waals surface area contributed by atoms with Gasteiger partial charge in [0.25, 0.3) is 5.91 Å². The van der Waals surface area contributed by atoms with Crippen LogP contribution in [0, 0.1) is 0 Å². The van der Waals surface area contributed by atoms with Gasteiger partial charge in [0.1, 0.15) is 12.4 Å². The number of alkyl halides is 3. The molecule has 8 nitrogen and oxygen atoms in total. The quantitative estimate of drug-likeness (QED) is 0.539. The van der Waals surface area contributed by atoms with Crippen molar-refractivity contribution in [1.82, 2.24) is 9.80 Å². The van der Waals surface area contributed by atoms with Gasteiger partial charge in [-0.05, 0) is 42.5 Å². The fourth-order valence-electron chi connectivity index (χ4n) is 3.50. The number of piperazine rings is 1. The van der Waals surface area contributed by atoms with Gasteiger partial charge >= 0.3 is 6.36 Å². The molecule has 1 aliphatic rings. The fraction of sp³-hybridized carbons (Fsp3) is 0.333. The van der Waals surface area contributed by atoms with E-state index in [1.54, 1.807) is 29.2 Å². The zero-order valence-electron chi connectivity index (χ0n) is 19.1. The molecule has 0 radical (unpaired) electrons. The maximum atomic E-state index is 12.9. The maximum absolute atomic E-state index is 12.9. The van der Waals surface area contributed by atoms with Crippen molar-refractivity contribution in [2.75, 3.05) is 51.8 Å².